The van der Waals surface area contributed by atoms with Gasteiger partial charge in [0.15, 0.2) is 0 Å². The molecule has 0 fully saturated rings. The fourth-order valence-electron chi connectivity index (χ4n) is 1.67. The molecule has 0 saturated heterocycles. The van der Waals surface area contributed by atoms with E-state index in [0.717, 1.165) is 11.3 Å². The van der Waals surface area contributed by atoms with Crippen LogP contribution < -0.4 is 5.32 Å². The average Bonchev–Trinajstić information content (AvgIpc) is 2.35. The average molecular weight is 231 g/mol. The molecular formula is C14H17NO2. The van der Waals surface area contributed by atoms with E-state index in [4.69, 9.17) is 4.74 Å². The van der Waals surface area contributed by atoms with E-state index in [1.165, 1.54) is 0 Å². The zero-order valence-electron chi connectivity index (χ0n) is 10.1. The van der Waals surface area contributed by atoms with Gasteiger partial charge in [-0.1, -0.05) is 44.2 Å². The third kappa shape index (κ3) is 2.87. The van der Waals surface area contributed by atoms with Crippen molar-refractivity contribution in [1.82, 2.24) is 0 Å². The number of rotatable bonds is 3. The summed E-state index contributed by atoms with van der Waals surface area (Å²) in [6, 6.07) is 7.52. The van der Waals surface area contributed by atoms with Gasteiger partial charge in [0.2, 0.25) is 0 Å². The molecule has 3 heteroatoms. The second-order valence-corrected chi connectivity index (χ2v) is 4.59. The van der Waals surface area contributed by atoms with Crippen LogP contribution in [0, 0.1) is 5.92 Å². The van der Waals surface area contributed by atoms with E-state index in [-0.39, 0.29) is 12.0 Å². The van der Waals surface area contributed by atoms with Crippen molar-refractivity contribution in [2.75, 3.05) is 11.9 Å². The summed E-state index contributed by atoms with van der Waals surface area (Å²) in [5.41, 5.74) is 2.07. The molecule has 1 N–H and O–H groups in total. The van der Waals surface area contributed by atoms with Crippen molar-refractivity contribution in [2.45, 2.75) is 19.9 Å². The number of fused-ring (bicyclic) bond motifs is 1. The van der Waals surface area contributed by atoms with Crippen LogP contribution >= 0.6 is 0 Å². The number of esters is 1. The zero-order valence-corrected chi connectivity index (χ0v) is 10.1. The molecule has 0 spiro atoms. The van der Waals surface area contributed by atoms with Crippen LogP contribution in [0.1, 0.15) is 19.4 Å². The molecular weight excluding hydrogens is 214 g/mol. The predicted octanol–water partition coefficient (Wildman–Crippen LogP) is 2.69. The molecule has 0 saturated carbocycles. The Hall–Kier alpha value is -1.77. The monoisotopic (exact) mass is 231 g/mol. The summed E-state index contributed by atoms with van der Waals surface area (Å²) in [6.45, 7) is 4.51. The van der Waals surface area contributed by atoms with Gasteiger partial charge in [-0.15, -0.1) is 0 Å². The number of nitrogens with one attached hydrogen (secondary N) is 1. The van der Waals surface area contributed by atoms with Gasteiger partial charge in [-0.25, -0.2) is 4.79 Å². The van der Waals surface area contributed by atoms with Crippen molar-refractivity contribution in [2.24, 2.45) is 5.92 Å². The molecule has 2 rings (SSSR count). The summed E-state index contributed by atoms with van der Waals surface area (Å²) in [6.07, 6.45) is 3.79. The number of para-hydroxylation sites is 1. The van der Waals surface area contributed by atoms with Gasteiger partial charge < -0.3 is 10.1 Å². The second kappa shape index (κ2) is 5.04. The van der Waals surface area contributed by atoms with Crippen LogP contribution in [0.4, 0.5) is 5.69 Å². The summed E-state index contributed by atoms with van der Waals surface area (Å²) in [5.74, 6) is 0.142. The fourth-order valence-corrected chi connectivity index (χ4v) is 1.67. The zero-order chi connectivity index (χ0) is 12.3. The van der Waals surface area contributed by atoms with E-state index in [2.05, 4.69) is 5.32 Å². The van der Waals surface area contributed by atoms with Crippen LogP contribution in [0.5, 0.6) is 0 Å². The molecule has 17 heavy (non-hydrogen) atoms. The third-order valence-corrected chi connectivity index (χ3v) is 2.55. The topological polar surface area (TPSA) is 38.3 Å². The first kappa shape index (κ1) is 11.7. The van der Waals surface area contributed by atoms with E-state index in [1.54, 1.807) is 0 Å². The first-order chi connectivity index (χ1) is 8.16. The molecule has 0 radical (unpaired) electrons. The molecule has 1 aromatic carbocycles. The Bertz CT molecular complexity index is 438. The van der Waals surface area contributed by atoms with E-state index in [9.17, 15) is 4.79 Å². The van der Waals surface area contributed by atoms with Crippen LogP contribution in [-0.4, -0.2) is 18.6 Å². The predicted molar refractivity (Wildman–Crippen MR) is 68.7 cm³/mol. The SMILES string of the molecule is CC(C)COC(=O)C1C=Cc2ccccc2N1. The molecule has 0 bridgehead atoms. The van der Waals surface area contributed by atoms with Crippen LogP contribution in [0.2, 0.25) is 0 Å². The lowest BCUT2D eigenvalue weighted by Gasteiger charge is -2.21. The number of anilines is 1. The van der Waals surface area contributed by atoms with Crippen molar-refractivity contribution in [1.29, 1.82) is 0 Å². The summed E-state index contributed by atoms with van der Waals surface area (Å²) < 4.78 is 5.21. The standard InChI is InChI=1S/C14H17NO2/c1-10(2)9-17-14(16)13-8-7-11-5-3-4-6-12(11)15-13/h3-8,10,13,15H,9H2,1-2H3. The Morgan fingerprint density at radius 3 is 2.94 bits per heavy atom. The molecule has 1 atom stereocenters. The van der Waals surface area contributed by atoms with Crippen molar-refractivity contribution in [3.05, 3.63) is 35.9 Å². The largest absolute Gasteiger partial charge is 0.464 e. The van der Waals surface area contributed by atoms with Crippen LogP contribution in [0.25, 0.3) is 6.08 Å². The fraction of sp³-hybridized carbons (Fsp3) is 0.357. The summed E-state index contributed by atoms with van der Waals surface area (Å²) in [7, 11) is 0. The number of benzene rings is 1. The molecule has 1 aromatic rings. The van der Waals surface area contributed by atoms with Crippen molar-refractivity contribution in [3.63, 3.8) is 0 Å². The molecule has 1 unspecified atom stereocenters. The van der Waals surface area contributed by atoms with Crippen LogP contribution in [0.3, 0.4) is 0 Å². The van der Waals surface area contributed by atoms with Crippen molar-refractivity contribution < 1.29 is 9.53 Å². The number of ether oxygens (including phenoxy) is 1. The Morgan fingerprint density at radius 2 is 2.18 bits per heavy atom. The highest BCUT2D eigenvalue weighted by molar-refractivity contribution is 5.87. The van der Waals surface area contributed by atoms with Crippen molar-refractivity contribution in [3.8, 4) is 0 Å². The van der Waals surface area contributed by atoms with Gasteiger partial charge in [0.25, 0.3) is 0 Å². The highest BCUT2D eigenvalue weighted by atomic mass is 16.5. The van der Waals surface area contributed by atoms with E-state index >= 15 is 0 Å². The molecule has 0 aliphatic carbocycles. The van der Waals surface area contributed by atoms with Crippen LogP contribution in [-0.2, 0) is 9.53 Å². The third-order valence-electron chi connectivity index (χ3n) is 2.55. The number of hydrogen-bond acceptors (Lipinski definition) is 3. The maximum absolute atomic E-state index is 11.8. The lowest BCUT2D eigenvalue weighted by atomic mass is 10.1. The molecule has 1 aliphatic rings. The van der Waals surface area contributed by atoms with Gasteiger partial charge in [-0.05, 0) is 17.5 Å². The van der Waals surface area contributed by atoms with Crippen LogP contribution in [0.15, 0.2) is 30.3 Å². The van der Waals surface area contributed by atoms with E-state index in [0.29, 0.717) is 12.5 Å². The minimum atomic E-state index is -0.372. The maximum atomic E-state index is 11.8. The van der Waals surface area contributed by atoms with Gasteiger partial charge in [0.1, 0.15) is 6.04 Å². The van der Waals surface area contributed by atoms with Gasteiger partial charge >= 0.3 is 5.97 Å². The second-order valence-electron chi connectivity index (χ2n) is 4.59. The Balaban J connectivity index is 2.00. The molecule has 0 aromatic heterocycles. The summed E-state index contributed by atoms with van der Waals surface area (Å²) in [4.78, 5) is 11.8. The van der Waals surface area contributed by atoms with Gasteiger partial charge in [-0.2, -0.15) is 0 Å². The Labute approximate surface area is 101 Å². The molecule has 90 valence electrons. The smallest absolute Gasteiger partial charge is 0.332 e. The number of hydrogen-bond donors (Lipinski definition) is 1. The quantitative estimate of drug-likeness (QED) is 0.813. The first-order valence-electron chi connectivity index (χ1n) is 5.87. The highest BCUT2D eigenvalue weighted by Gasteiger charge is 2.20. The normalized spacial score (nSPS) is 17.5. The minimum Gasteiger partial charge on any atom is -0.464 e. The van der Waals surface area contributed by atoms with Crippen molar-refractivity contribution >= 4 is 17.7 Å². The van der Waals surface area contributed by atoms with Gasteiger partial charge in [-0.3, -0.25) is 0 Å². The summed E-state index contributed by atoms with van der Waals surface area (Å²) >= 11 is 0. The number of carbonyl (C=O) groups excluding carboxylic acids is 1. The number of carbonyl (C=O) groups is 1. The molecule has 3 nitrogen and oxygen atoms in total. The maximum Gasteiger partial charge on any atom is 0.332 e. The van der Waals surface area contributed by atoms with Gasteiger partial charge in [0.05, 0.1) is 6.61 Å². The molecule has 1 heterocycles. The first-order valence-corrected chi connectivity index (χ1v) is 5.87. The lowest BCUT2D eigenvalue weighted by molar-refractivity contribution is -0.144. The molecule has 1 aliphatic heterocycles. The lowest BCUT2D eigenvalue weighted by Crippen LogP contribution is -2.32. The Kier molecular flexibility index (Phi) is 3.47. The molecule has 0 amide bonds. The van der Waals surface area contributed by atoms with E-state index < -0.39 is 0 Å². The van der Waals surface area contributed by atoms with E-state index in [1.807, 2.05) is 50.3 Å². The Morgan fingerprint density at radius 1 is 1.41 bits per heavy atom. The highest BCUT2D eigenvalue weighted by Crippen LogP contribution is 2.22. The minimum absolute atomic E-state index is 0.218. The van der Waals surface area contributed by atoms with Gasteiger partial charge in [0, 0.05) is 5.69 Å². The summed E-state index contributed by atoms with van der Waals surface area (Å²) in [5, 5.41) is 3.16.